The Kier molecular flexibility index (Phi) is 12.9. The third kappa shape index (κ3) is 10.0. The molecule has 0 amide bonds. The molecule has 0 saturated heterocycles. The largest absolute Gasteiger partial charge is 0.490 e. The predicted molar refractivity (Wildman–Crippen MR) is 262 cm³/mol. The molecular weight excluding hydrogens is 864 g/mol. The van der Waals surface area contributed by atoms with Gasteiger partial charge in [0.2, 0.25) is 0 Å². The second kappa shape index (κ2) is 19.2. The van der Waals surface area contributed by atoms with E-state index >= 15 is 0 Å². The molecule has 2 N–H and O–H groups in total. The topological polar surface area (TPSA) is 94.6 Å². The van der Waals surface area contributed by atoms with Crippen molar-refractivity contribution in [2.24, 2.45) is 0 Å². The molecule has 0 bridgehead atoms. The van der Waals surface area contributed by atoms with Crippen molar-refractivity contribution in [3.8, 4) is 33.8 Å². The van der Waals surface area contributed by atoms with E-state index in [1.165, 1.54) is 16.7 Å². The molecule has 0 radical (unpaired) electrons. The highest BCUT2D eigenvalue weighted by molar-refractivity contribution is 6.31. The average molecular weight is 922 g/mol. The summed E-state index contributed by atoms with van der Waals surface area (Å²) >= 11 is 13.9. The standard InChI is InChI=1S/C56H58Cl2N4O4/c1-3-64-54(63)31-39(38-13-19-51(58)41(30-38)33-62-56(24-25-56)49-35-60-27-21-45(49)47-9-5-7-11-53(47)66-43-16-17-43)28-36(2)37-12-18-50(57)40(29-37)32-61-55(22-23-55)48-34-59-26-20-44(48)46-8-4-6-10-52(46)65-42-14-15-42/h4-13,18-21,26-27,29-30,34-36,39,42-43,61-62H,3,14-17,22-25,28,31-33H2,1-2H3. The van der Waals surface area contributed by atoms with Crippen LogP contribution in [0, 0.1) is 0 Å². The molecule has 66 heavy (non-hydrogen) atoms. The lowest BCUT2D eigenvalue weighted by atomic mass is 9.83. The van der Waals surface area contributed by atoms with Gasteiger partial charge in [0.25, 0.3) is 0 Å². The van der Waals surface area contributed by atoms with Crippen LogP contribution in [0.4, 0.5) is 0 Å². The van der Waals surface area contributed by atoms with Gasteiger partial charge >= 0.3 is 5.97 Å². The maximum absolute atomic E-state index is 13.2. The van der Waals surface area contributed by atoms with Gasteiger partial charge in [0.15, 0.2) is 0 Å². The van der Waals surface area contributed by atoms with E-state index in [4.69, 9.17) is 37.4 Å². The lowest BCUT2D eigenvalue weighted by Gasteiger charge is -2.25. The number of esters is 1. The van der Waals surface area contributed by atoms with E-state index < -0.39 is 0 Å². The van der Waals surface area contributed by atoms with Crippen molar-refractivity contribution in [1.82, 2.24) is 20.6 Å². The van der Waals surface area contributed by atoms with Crippen molar-refractivity contribution in [1.29, 1.82) is 0 Å². The lowest BCUT2D eigenvalue weighted by molar-refractivity contribution is -0.143. The molecule has 8 nitrogen and oxygen atoms in total. The molecule has 6 aromatic rings. The zero-order valence-electron chi connectivity index (χ0n) is 37.8. The van der Waals surface area contributed by atoms with Crippen LogP contribution in [0.1, 0.15) is 123 Å². The highest BCUT2D eigenvalue weighted by Gasteiger charge is 2.47. The number of pyridine rings is 2. The Labute approximate surface area is 398 Å². The number of nitrogens with zero attached hydrogens (tertiary/aromatic N) is 2. The van der Waals surface area contributed by atoms with Crippen LogP contribution in [0.3, 0.4) is 0 Å². The first kappa shape index (κ1) is 44.6. The summed E-state index contributed by atoms with van der Waals surface area (Å²) in [5.74, 6) is 1.67. The molecule has 4 aromatic carbocycles. The van der Waals surface area contributed by atoms with Crippen LogP contribution in [0.2, 0.25) is 10.0 Å². The first-order chi connectivity index (χ1) is 32.2. The zero-order valence-corrected chi connectivity index (χ0v) is 39.3. The number of hydrogen-bond acceptors (Lipinski definition) is 8. The number of rotatable bonds is 21. The Morgan fingerprint density at radius 1 is 0.667 bits per heavy atom. The summed E-state index contributed by atoms with van der Waals surface area (Å²) in [5.41, 5.74) is 10.7. The van der Waals surface area contributed by atoms with Gasteiger partial charge in [-0.05, 0) is 157 Å². The summed E-state index contributed by atoms with van der Waals surface area (Å²) in [5, 5.41) is 9.24. The summed E-state index contributed by atoms with van der Waals surface area (Å²) < 4.78 is 18.2. The van der Waals surface area contributed by atoms with E-state index in [-0.39, 0.29) is 35.3 Å². The molecule has 4 fully saturated rings. The number of ether oxygens (including phenoxy) is 3. The van der Waals surface area contributed by atoms with Gasteiger partial charge in [-0.25, -0.2) is 0 Å². The predicted octanol–water partition coefficient (Wildman–Crippen LogP) is 13.0. The lowest BCUT2D eigenvalue weighted by Crippen LogP contribution is -2.29. The minimum atomic E-state index is -0.231. The summed E-state index contributed by atoms with van der Waals surface area (Å²) in [4.78, 5) is 22.4. The van der Waals surface area contributed by atoms with E-state index in [0.29, 0.717) is 36.9 Å². The first-order valence-electron chi connectivity index (χ1n) is 23.8. The number of carbonyl (C=O) groups excluding carboxylic acids is 1. The van der Waals surface area contributed by atoms with Crippen molar-refractivity contribution < 1.29 is 19.0 Å². The average Bonchev–Trinajstić information content (AvgIpc) is 4.11. The Morgan fingerprint density at radius 3 is 1.64 bits per heavy atom. The molecule has 0 aliphatic heterocycles. The summed E-state index contributed by atoms with van der Waals surface area (Å²) in [6.07, 6.45) is 17.8. The van der Waals surface area contributed by atoms with Gasteiger partial charge in [0, 0.05) is 70.1 Å². The van der Waals surface area contributed by atoms with Gasteiger partial charge in [0.1, 0.15) is 11.5 Å². The van der Waals surface area contributed by atoms with Gasteiger partial charge in [-0.1, -0.05) is 90.8 Å². The van der Waals surface area contributed by atoms with Gasteiger partial charge < -0.3 is 24.8 Å². The minimum Gasteiger partial charge on any atom is -0.490 e. The number of para-hydroxylation sites is 2. The van der Waals surface area contributed by atoms with Crippen molar-refractivity contribution in [3.63, 3.8) is 0 Å². The van der Waals surface area contributed by atoms with Crippen molar-refractivity contribution in [3.05, 3.63) is 165 Å². The highest BCUT2D eigenvalue weighted by Crippen LogP contribution is 2.52. The summed E-state index contributed by atoms with van der Waals surface area (Å²) in [6.45, 7) is 5.60. The molecule has 2 heterocycles. The van der Waals surface area contributed by atoms with Gasteiger partial charge in [-0.3, -0.25) is 14.8 Å². The molecule has 4 saturated carbocycles. The van der Waals surface area contributed by atoms with E-state index in [0.717, 1.165) is 113 Å². The molecule has 2 unspecified atom stereocenters. The normalized spacial score (nSPS) is 17.7. The highest BCUT2D eigenvalue weighted by atomic mass is 35.5. The number of aromatic nitrogens is 2. The van der Waals surface area contributed by atoms with Crippen molar-refractivity contribution >= 4 is 29.2 Å². The molecule has 0 spiro atoms. The Morgan fingerprint density at radius 2 is 1.15 bits per heavy atom. The fourth-order valence-corrected chi connectivity index (χ4v) is 9.91. The second-order valence-corrected chi connectivity index (χ2v) is 19.7. The minimum absolute atomic E-state index is 0.0967. The smallest absolute Gasteiger partial charge is 0.306 e. The van der Waals surface area contributed by atoms with Gasteiger partial charge in [-0.2, -0.15) is 0 Å². The van der Waals surface area contributed by atoms with Crippen LogP contribution >= 0.6 is 23.2 Å². The van der Waals surface area contributed by atoms with Crippen LogP contribution in [-0.4, -0.2) is 34.8 Å². The second-order valence-electron chi connectivity index (χ2n) is 18.9. The molecular formula is C56H58Cl2N4O4. The van der Waals surface area contributed by atoms with E-state index in [1.807, 2.05) is 56.0 Å². The Bertz CT molecular complexity index is 2710. The maximum Gasteiger partial charge on any atom is 0.306 e. The molecule has 2 aromatic heterocycles. The SMILES string of the molecule is CCOC(=O)CC(CC(C)c1ccc(Cl)c(CNC2(c3cnccc3-c3ccccc3OC3CC3)CC2)c1)c1ccc(Cl)c(CNC2(c3cnccc3-c3ccccc3OC3CC3)CC2)c1. The number of benzene rings is 4. The van der Waals surface area contributed by atoms with E-state index in [2.05, 4.69) is 100 Å². The van der Waals surface area contributed by atoms with Crippen LogP contribution < -0.4 is 20.1 Å². The third-order valence-electron chi connectivity index (χ3n) is 13.9. The molecule has 2 atom stereocenters. The van der Waals surface area contributed by atoms with Gasteiger partial charge in [0.05, 0.1) is 25.2 Å². The van der Waals surface area contributed by atoms with Crippen molar-refractivity contribution in [2.45, 2.75) is 126 Å². The number of hydrogen-bond donors (Lipinski definition) is 2. The van der Waals surface area contributed by atoms with Crippen molar-refractivity contribution in [2.75, 3.05) is 6.61 Å². The Balaban J connectivity index is 0.852. The number of halogens is 2. The Hall–Kier alpha value is -5.25. The quantitative estimate of drug-likeness (QED) is 0.0690. The van der Waals surface area contributed by atoms with E-state index in [9.17, 15) is 4.79 Å². The molecule has 10 rings (SSSR count). The fourth-order valence-electron chi connectivity index (χ4n) is 9.54. The fraction of sp³-hybridized carbons (Fsp3) is 0.375. The van der Waals surface area contributed by atoms with Crippen LogP contribution in [0.5, 0.6) is 11.5 Å². The molecule has 4 aliphatic rings. The number of carbonyl (C=O) groups is 1. The first-order valence-corrected chi connectivity index (χ1v) is 24.6. The van der Waals surface area contributed by atoms with Gasteiger partial charge in [-0.15, -0.1) is 0 Å². The number of nitrogens with one attached hydrogen (secondary N) is 2. The van der Waals surface area contributed by atoms with E-state index in [1.54, 1.807) is 0 Å². The van der Waals surface area contributed by atoms with Crippen LogP contribution in [0.15, 0.2) is 122 Å². The van der Waals surface area contributed by atoms with Crippen LogP contribution in [0.25, 0.3) is 22.3 Å². The van der Waals surface area contributed by atoms with Crippen LogP contribution in [-0.2, 0) is 33.7 Å². The summed E-state index contributed by atoms with van der Waals surface area (Å²) in [6, 6.07) is 33.5. The maximum atomic E-state index is 13.2. The molecule has 10 heteroatoms. The monoisotopic (exact) mass is 920 g/mol. The molecule has 4 aliphatic carbocycles. The zero-order chi connectivity index (χ0) is 45.3. The molecule has 340 valence electrons. The third-order valence-corrected chi connectivity index (χ3v) is 14.7. The summed E-state index contributed by atoms with van der Waals surface area (Å²) in [7, 11) is 0.